The molecule has 0 radical (unpaired) electrons. The van der Waals surface area contributed by atoms with Crippen LogP contribution in [0.25, 0.3) is 0 Å². The number of rotatable bonds is 6. The van der Waals surface area contributed by atoms with Crippen molar-refractivity contribution in [3.05, 3.63) is 42.0 Å². The third kappa shape index (κ3) is 4.33. The Hall–Kier alpha value is -1.81. The van der Waals surface area contributed by atoms with Crippen molar-refractivity contribution in [2.75, 3.05) is 7.11 Å². The molecule has 0 saturated heterocycles. The third-order valence-corrected chi connectivity index (χ3v) is 3.88. The zero-order valence-corrected chi connectivity index (χ0v) is 12.6. The molecule has 4 nitrogen and oxygen atoms in total. The van der Waals surface area contributed by atoms with Gasteiger partial charge in [-0.3, -0.25) is 4.79 Å². The Balaban J connectivity index is 1.87. The van der Waals surface area contributed by atoms with Crippen molar-refractivity contribution >= 4 is 5.91 Å². The Morgan fingerprint density at radius 3 is 2.71 bits per heavy atom. The van der Waals surface area contributed by atoms with E-state index in [2.05, 4.69) is 17.5 Å². The summed E-state index contributed by atoms with van der Waals surface area (Å²) in [6.45, 7) is 1.82. The van der Waals surface area contributed by atoms with Gasteiger partial charge < -0.3 is 15.2 Å². The van der Waals surface area contributed by atoms with E-state index in [9.17, 15) is 9.90 Å². The van der Waals surface area contributed by atoms with Crippen LogP contribution in [0, 0.1) is 5.92 Å². The second kappa shape index (κ2) is 7.27. The van der Waals surface area contributed by atoms with Crippen LogP contribution in [0.15, 0.2) is 36.4 Å². The summed E-state index contributed by atoms with van der Waals surface area (Å²) >= 11 is 0. The first-order chi connectivity index (χ1) is 10.1. The van der Waals surface area contributed by atoms with E-state index in [4.69, 9.17) is 4.74 Å². The summed E-state index contributed by atoms with van der Waals surface area (Å²) in [4.78, 5) is 12.0. The number of benzene rings is 1. The topological polar surface area (TPSA) is 58.6 Å². The summed E-state index contributed by atoms with van der Waals surface area (Å²) in [6.07, 6.45) is 6.09. The summed E-state index contributed by atoms with van der Waals surface area (Å²) in [5.74, 6) is 1.08. The van der Waals surface area contributed by atoms with Crippen LogP contribution in [0.4, 0.5) is 0 Å². The summed E-state index contributed by atoms with van der Waals surface area (Å²) in [5, 5.41) is 13.2. The van der Waals surface area contributed by atoms with Gasteiger partial charge in [-0.25, -0.2) is 0 Å². The average Bonchev–Trinajstić information content (AvgIpc) is 2.99. The van der Waals surface area contributed by atoms with Crippen molar-refractivity contribution in [3.63, 3.8) is 0 Å². The molecular weight excluding hydrogens is 266 g/mol. The smallest absolute Gasteiger partial charge is 0.220 e. The lowest BCUT2D eigenvalue weighted by molar-refractivity contribution is -0.123. The van der Waals surface area contributed by atoms with Gasteiger partial charge in [0.2, 0.25) is 5.91 Å². The van der Waals surface area contributed by atoms with Gasteiger partial charge in [0.05, 0.1) is 19.3 Å². The van der Waals surface area contributed by atoms with Crippen molar-refractivity contribution in [2.45, 2.75) is 38.3 Å². The summed E-state index contributed by atoms with van der Waals surface area (Å²) in [7, 11) is 1.60. The lowest BCUT2D eigenvalue weighted by Crippen LogP contribution is -2.37. The minimum atomic E-state index is -0.723. The fraction of sp³-hybridized carbons (Fsp3) is 0.471. The number of aliphatic hydroxyl groups excluding tert-OH is 1. The maximum atomic E-state index is 12.0. The predicted octanol–water partition coefficient (Wildman–Crippen LogP) is 2.59. The average molecular weight is 289 g/mol. The number of hydrogen-bond acceptors (Lipinski definition) is 3. The standard InChI is InChI=1S/C17H23NO3/c1-12(18-16(19)11-13-5-3-4-6-13)17(20)14-7-9-15(21-2)10-8-14/h3,5,7-10,12-13,17,20H,4,6,11H2,1-2H3,(H,18,19). The molecule has 1 aliphatic rings. The van der Waals surface area contributed by atoms with E-state index in [0.717, 1.165) is 24.2 Å². The molecule has 0 heterocycles. The second-order valence-corrected chi connectivity index (χ2v) is 5.54. The molecule has 1 amide bonds. The molecule has 0 saturated carbocycles. The second-order valence-electron chi connectivity index (χ2n) is 5.54. The van der Waals surface area contributed by atoms with Gasteiger partial charge in [-0.1, -0.05) is 24.3 Å². The number of amides is 1. The highest BCUT2D eigenvalue weighted by Gasteiger charge is 2.20. The quantitative estimate of drug-likeness (QED) is 0.791. The van der Waals surface area contributed by atoms with Gasteiger partial charge in [0.15, 0.2) is 0 Å². The number of allylic oxidation sites excluding steroid dienone is 2. The summed E-state index contributed by atoms with van der Waals surface area (Å²) < 4.78 is 5.09. The van der Waals surface area contributed by atoms with Gasteiger partial charge in [-0.15, -0.1) is 0 Å². The van der Waals surface area contributed by atoms with Crippen LogP contribution in [-0.4, -0.2) is 24.2 Å². The highest BCUT2D eigenvalue weighted by Crippen LogP contribution is 2.22. The van der Waals surface area contributed by atoms with E-state index in [1.54, 1.807) is 19.2 Å². The molecule has 0 bridgehead atoms. The summed E-state index contributed by atoms with van der Waals surface area (Å²) in [5.41, 5.74) is 0.768. The van der Waals surface area contributed by atoms with E-state index >= 15 is 0 Å². The lowest BCUT2D eigenvalue weighted by atomic mass is 10.0. The van der Waals surface area contributed by atoms with Crippen molar-refractivity contribution < 1.29 is 14.6 Å². The molecule has 1 aromatic rings. The van der Waals surface area contributed by atoms with E-state index in [-0.39, 0.29) is 11.9 Å². The zero-order chi connectivity index (χ0) is 15.2. The predicted molar refractivity (Wildman–Crippen MR) is 82.0 cm³/mol. The minimum Gasteiger partial charge on any atom is -0.497 e. The number of nitrogens with one attached hydrogen (secondary N) is 1. The molecule has 0 aliphatic heterocycles. The molecular formula is C17H23NO3. The number of methoxy groups -OCH3 is 1. The fourth-order valence-corrected chi connectivity index (χ4v) is 2.58. The highest BCUT2D eigenvalue weighted by molar-refractivity contribution is 5.76. The van der Waals surface area contributed by atoms with Crippen LogP contribution in [-0.2, 0) is 4.79 Å². The van der Waals surface area contributed by atoms with Crippen LogP contribution in [0.1, 0.15) is 37.9 Å². The van der Waals surface area contributed by atoms with Crippen molar-refractivity contribution in [1.29, 1.82) is 0 Å². The molecule has 0 fully saturated rings. The minimum absolute atomic E-state index is 0.00777. The van der Waals surface area contributed by atoms with Crippen LogP contribution >= 0.6 is 0 Å². The largest absolute Gasteiger partial charge is 0.497 e. The normalized spacial score (nSPS) is 20.0. The van der Waals surface area contributed by atoms with Crippen LogP contribution in [0.2, 0.25) is 0 Å². The van der Waals surface area contributed by atoms with Gasteiger partial charge in [-0.2, -0.15) is 0 Å². The molecule has 21 heavy (non-hydrogen) atoms. The highest BCUT2D eigenvalue weighted by atomic mass is 16.5. The van der Waals surface area contributed by atoms with Gasteiger partial charge in [0.1, 0.15) is 5.75 Å². The number of aliphatic hydroxyl groups is 1. The first-order valence-electron chi connectivity index (χ1n) is 7.38. The van der Waals surface area contributed by atoms with Crippen molar-refractivity contribution in [1.82, 2.24) is 5.32 Å². The molecule has 2 N–H and O–H groups in total. The molecule has 2 rings (SSSR count). The maximum absolute atomic E-state index is 12.0. The molecule has 3 atom stereocenters. The molecule has 1 aliphatic carbocycles. The van der Waals surface area contributed by atoms with E-state index in [1.165, 1.54) is 0 Å². The first kappa shape index (κ1) is 15.6. The van der Waals surface area contributed by atoms with Crippen LogP contribution in [0.5, 0.6) is 5.75 Å². The molecule has 4 heteroatoms. The number of ether oxygens (including phenoxy) is 1. The monoisotopic (exact) mass is 289 g/mol. The zero-order valence-electron chi connectivity index (χ0n) is 12.6. The Kier molecular flexibility index (Phi) is 5.39. The molecule has 1 aromatic carbocycles. The Morgan fingerprint density at radius 1 is 1.43 bits per heavy atom. The van der Waals surface area contributed by atoms with Crippen molar-refractivity contribution in [3.8, 4) is 5.75 Å². The van der Waals surface area contributed by atoms with Crippen LogP contribution < -0.4 is 10.1 Å². The third-order valence-electron chi connectivity index (χ3n) is 3.88. The Morgan fingerprint density at radius 2 is 2.14 bits per heavy atom. The maximum Gasteiger partial charge on any atom is 0.220 e. The molecule has 0 aromatic heterocycles. The van der Waals surface area contributed by atoms with Gasteiger partial charge >= 0.3 is 0 Å². The Labute approximate surface area is 125 Å². The van der Waals surface area contributed by atoms with E-state index in [1.807, 2.05) is 19.1 Å². The molecule has 0 spiro atoms. The SMILES string of the molecule is COc1ccc(C(O)C(C)NC(=O)CC2C=CCC2)cc1. The lowest BCUT2D eigenvalue weighted by Gasteiger charge is -2.21. The molecule has 114 valence electrons. The number of carbonyl (C=O) groups is 1. The number of carbonyl (C=O) groups excluding carboxylic acids is 1. The van der Waals surface area contributed by atoms with Gasteiger partial charge in [0, 0.05) is 6.42 Å². The van der Waals surface area contributed by atoms with Crippen molar-refractivity contribution in [2.24, 2.45) is 5.92 Å². The first-order valence-corrected chi connectivity index (χ1v) is 7.38. The van der Waals surface area contributed by atoms with Gasteiger partial charge in [-0.05, 0) is 43.4 Å². The van der Waals surface area contributed by atoms with Crippen LogP contribution in [0.3, 0.4) is 0 Å². The molecule has 3 unspecified atom stereocenters. The van der Waals surface area contributed by atoms with E-state index < -0.39 is 6.10 Å². The Bertz CT molecular complexity index is 495. The number of hydrogen-bond donors (Lipinski definition) is 2. The van der Waals surface area contributed by atoms with E-state index in [0.29, 0.717) is 12.3 Å². The fourth-order valence-electron chi connectivity index (χ4n) is 2.58. The summed E-state index contributed by atoms with van der Waals surface area (Å²) in [6, 6.07) is 6.90. The van der Waals surface area contributed by atoms with Gasteiger partial charge in [0.25, 0.3) is 0 Å².